The molecule has 1 spiro atoms. The maximum absolute atomic E-state index is 13.5. The molecule has 1 aromatic heterocycles. The first-order chi connectivity index (χ1) is 15.3. The Morgan fingerprint density at radius 2 is 1.84 bits per heavy atom. The Bertz CT molecular complexity index is 1220. The van der Waals surface area contributed by atoms with E-state index in [-0.39, 0.29) is 28.7 Å². The van der Waals surface area contributed by atoms with Gasteiger partial charge in [0.15, 0.2) is 5.75 Å². The minimum atomic E-state index is -0.778. The Kier molecular flexibility index (Phi) is 4.81. The highest BCUT2D eigenvalue weighted by molar-refractivity contribution is 6.30. The summed E-state index contributed by atoms with van der Waals surface area (Å²) in [4.78, 5) is 42.9. The smallest absolute Gasteiger partial charge is 0.296 e. The van der Waals surface area contributed by atoms with E-state index in [1.165, 1.54) is 27.7 Å². The third kappa shape index (κ3) is 2.81. The van der Waals surface area contributed by atoms with Gasteiger partial charge in [-0.1, -0.05) is 24.1 Å². The van der Waals surface area contributed by atoms with Gasteiger partial charge in [0.2, 0.25) is 0 Å². The molecule has 5 rings (SSSR count). The predicted molar refractivity (Wildman–Crippen MR) is 115 cm³/mol. The average molecular weight is 460 g/mol. The summed E-state index contributed by atoms with van der Waals surface area (Å²) in [6.45, 7) is 0.448. The third-order valence-corrected chi connectivity index (χ3v) is 7.44. The number of rotatable bonds is 2. The van der Waals surface area contributed by atoms with Crippen LogP contribution in [0.5, 0.6) is 5.75 Å². The minimum absolute atomic E-state index is 0.0438. The van der Waals surface area contributed by atoms with Crippen molar-refractivity contribution >= 4 is 23.4 Å². The second kappa shape index (κ2) is 7.33. The summed E-state index contributed by atoms with van der Waals surface area (Å²) >= 11 is 5.85. The molecule has 2 amide bonds. The number of carbonyl (C=O) groups excluding carboxylic acids is 2. The molecule has 0 saturated heterocycles. The third-order valence-electron chi connectivity index (χ3n) is 7.15. The zero-order valence-corrected chi connectivity index (χ0v) is 18.4. The summed E-state index contributed by atoms with van der Waals surface area (Å²) in [7, 11) is 1.69. The quantitative estimate of drug-likeness (QED) is 0.747. The highest BCUT2D eigenvalue weighted by Gasteiger charge is 2.51. The lowest BCUT2D eigenvalue weighted by Crippen LogP contribution is -2.49. The van der Waals surface area contributed by atoms with E-state index in [2.05, 4.69) is 0 Å². The van der Waals surface area contributed by atoms with Gasteiger partial charge >= 0.3 is 0 Å². The number of aromatic nitrogens is 1. The van der Waals surface area contributed by atoms with Crippen LogP contribution in [0.25, 0.3) is 0 Å². The van der Waals surface area contributed by atoms with Crippen molar-refractivity contribution in [2.75, 3.05) is 13.6 Å². The van der Waals surface area contributed by atoms with Crippen LogP contribution in [0, 0.1) is 5.82 Å². The van der Waals surface area contributed by atoms with E-state index in [4.69, 9.17) is 11.6 Å². The SMILES string of the molecule is CN1C(=O)c2c3c(c(O)c(=O)n2C12CCCCC2)C(=O)N(Cc1ccc(F)c(Cl)c1)CC3. The fourth-order valence-electron chi connectivity index (χ4n) is 5.50. The second-order valence-corrected chi connectivity index (χ2v) is 9.23. The van der Waals surface area contributed by atoms with Crippen molar-refractivity contribution in [1.29, 1.82) is 0 Å². The van der Waals surface area contributed by atoms with Gasteiger partial charge in [0.1, 0.15) is 17.2 Å². The standard InChI is InChI=1S/C23H23ClFN3O4/c1-26-21(31)18-14-7-10-27(12-13-5-6-16(25)15(24)11-13)20(30)17(14)19(29)22(32)28(18)23(26)8-3-2-4-9-23/h5-6,11,29H,2-4,7-10,12H2,1H3. The molecule has 168 valence electrons. The van der Waals surface area contributed by atoms with Crippen molar-refractivity contribution in [3.63, 3.8) is 0 Å². The number of fused-ring (bicyclic) bond motifs is 4. The molecule has 2 aliphatic heterocycles. The number of hydrogen-bond acceptors (Lipinski definition) is 4. The maximum Gasteiger partial charge on any atom is 0.296 e. The second-order valence-electron chi connectivity index (χ2n) is 8.82. The van der Waals surface area contributed by atoms with Crippen LogP contribution in [0.2, 0.25) is 5.02 Å². The first kappa shape index (κ1) is 21.0. The Morgan fingerprint density at radius 1 is 1.12 bits per heavy atom. The molecule has 3 heterocycles. The van der Waals surface area contributed by atoms with Crippen LogP contribution in [0.15, 0.2) is 23.0 Å². The Hall–Kier alpha value is -2.87. The molecule has 1 aromatic carbocycles. The maximum atomic E-state index is 13.5. The normalized spacial score (nSPS) is 19.5. The molecule has 7 nitrogen and oxygen atoms in total. The van der Waals surface area contributed by atoms with E-state index in [1.54, 1.807) is 11.9 Å². The summed E-state index contributed by atoms with van der Waals surface area (Å²) in [5, 5.41) is 10.8. The minimum Gasteiger partial charge on any atom is -0.502 e. The van der Waals surface area contributed by atoms with Crippen LogP contribution < -0.4 is 5.56 Å². The fourth-order valence-corrected chi connectivity index (χ4v) is 5.70. The van der Waals surface area contributed by atoms with Gasteiger partial charge in [-0.05, 0) is 49.8 Å². The highest BCUT2D eigenvalue weighted by Crippen LogP contribution is 2.44. The summed E-state index contributed by atoms with van der Waals surface area (Å²) < 4.78 is 14.9. The zero-order chi connectivity index (χ0) is 22.8. The first-order valence-electron chi connectivity index (χ1n) is 10.8. The van der Waals surface area contributed by atoms with E-state index >= 15 is 0 Å². The van der Waals surface area contributed by atoms with E-state index in [0.717, 1.165) is 19.3 Å². The van der Waals surface area contributed by atoms with E-state index < -0.39 is 28.7 Å². The molecular formula is C23H23ClFN3O4. The van der Waals surface area contributed by atoms with Gasteiger partial charge in [-0.3, -0.25) is 19.0 Å². The Labute approximate surface area is 189 Å². The lowest BCUT2D eigenvalue weighted by molar-refractivity contribution is 0.0267. The highest BCUT2D eigenvalue weighted by atomic mass is 35.5. The number of amides is 2. The average Bonchev–Trinajstić information content (AvgIpc) is 2.98. The molecule has 32 heavy (non-hydrogen) atoms. The molecule has 1 aliphatic carbocycles. The number of nitrogens with zero attached hydrogens (tertiary/aromatic N) is 3. The van der Waals surface area contributed by atoms with Crippen molar-refractivity contribution in [2.45, 2.75) is 50.7 Å². The predicted octanol–water partition coefficient (Wildman–Crippen LogP) is 3.25. The van der Waals surface area contributed by atoms with Crippen LogP contribution in [0.4, 0.5) is 4.39 Å². The van der Waals surface area contributed by atoms with Gasteiger partial charge in [-0.25, -0.2) is 4.39 Å². The molecule has 1 saturated carbocycles. The number of halogens is 2. The first-order valence-corrected chi connectivity index (χ1v) is 11.2. The number of hydrogen-bond donors (Lipinski definition) is 1. The number of aromatic hydroxyl groups is 1. The van der Waals surface area contributed by atoms with Crippen LogP contribution in [-0.2, 0) is 18.6 Å². The molecule has 1 fully saturated rings. The molecule has 0 radical (unpaired) electrons. The largest absolute Gasteiger partial charge is 0.502 e. The topological polar surface area (TPSA) is 82.9 Å². The van der Waals surface area contributed by atoms with Gasteiger partial charge in [-0.2, -0.15) is 0 Å². The number of benzene rings is 1. The van der Waals surface area contributed by atoms with E-state index in [9.17, 15) is 23.9 Å². The van der Waals surface area contributed by atoms with Crippen molar-refractivity contribution in [1.82, 2.24) is 14.4 Å². The molecular weight excluding hydrogens is 437 g/mol. The number of pyridine rings is 1. The molecule has 0 unspecified atom stereocenters. The monoisotopic (exact) mass is 459 g/mol. The van der Waals surface area contributed by atoms with E-state index in [0.29, 0.717) is 36.9 Å². The molecule has 1 N–H and O–H groups in total. The fraction of sp³-hybridized carbons (Fsp3) is 0.435. The zero-order valence-electron chi connectivity index (χ0n) is 17.7. The lowest BCUT2D eigenvalue weighted by Gasteiger charge is -2.40. The van der Waals surface area contributed by atoms with Crippen LogP contribution in [-0.4, -0.2) is 44.9 Å². The number of carbonyl (C=O) groups is 2. The van der Waals surface area contributed by atoms with Gasteiger partial charge in [0, 0.05) is 25.7 Å². The van der Waals surface area contributed by atoms with Crippen LogP contribution >= 0.6 is 11.6 Å². The summed E-state index contributed by atoms with van der Waals surface area (Å²) in [5.74, 6) is -1.97. The van der Waals surface area contributed by atoms with Gasteiger partial charge in [-0.15, -0.1) is 0 Å². The van der Waals surface area contributed by atoms with Crippen molar-refractivity contribution in [2.24, 2.45) is 0 Å². The van der Waals surface area contributed by atoms with Crippen LogP contribution in [0.3, 0.4) is 0 Å². The van der Waals surface area contributed by atoms with Crippen LogP contribution in [0.1, 0.15) is 64.1 Å². The van der Waals surface area contributed by atoms with Crippen molar-refractivity contribution < 1.29 is 19.1 Å². The Morgan fingerprint density at radius 3 is 2.53 bits per heavy atom. The lowest BCUT2D eigenvalue weighted by atomic mass is 9.88. The van der Waals surface area contributed by atoms with Gasteiger partial charge in [0.25, 0.3) is 17.4 Å². The molecule has 3 aliphatic rings. The summed E-state index contributed by atoms with van der Waals surface area (Å²) in [6, 6.07) is 4.21. The molecule has 0 atom stereocenters. The van der Waals surface area contributed by atoms with Gasteiger partial charge < -0.3 is 14.9 Å². The van der Waals surface area contributed by atoms with Crippen molar-refractivity contribution in [3.05, 3.63) is 61.8 Å². The summed E-state index contributed by atoms with van der Waals surface area (Å²) in [5.41, 5.74) is -0.291. The van der Waals surface area contributed by atoms with E-state index in [1.807, 2.05) is 0 Å². The Balaban J connectivity index is 1.59. The molecule has 2 aromatic rings. The molecule has 0 bridgehead atoms. The summed E-state index contributed by atoms with van der Waals surface area (Å²) in [6.07, 6.45) is 4.42. The van der Waals surface area contributed by atoms with Crippen molar-refractivity contribution in [3.8, 4) is 5.75 Å². The van der Waals surface area contributed by atoms with Gasteiger partial charge in [0.05, 0.1) is 10.6 Å². The molecule has 9 heteroatoms.